The third kappa shape index (κ3) is 6.49. The molecule has 0 saturated heterocycles. The zero-order valence-corrected chi connectivity index (χ0v) is 6.73. The smallest absolute Gasteiger partial charge is 0.337 e. The minimum absolute atomic E-state index is 0.258. The van der Waals surface area contributed by atoms with Gasteiger partial charge in [-0.2, -0.15) is 0 Å². The van der Waals surface area contributed by atoms with Crippen molar-refractivity contribution in [2.75, 3.05) is 0 Å². The lowest BCUT2D eigenvalue weighted by molar-refractivity contribution is -0.155. The molecule has 0 amide bonds. The van der Waals surface area contributed by atoms with Crippen LogP contribution in [0.2, 0.25) is 0 Å². The topological polar surface area (TPSA) is 80.7 Å². The van der Waals surface area contributed by atoms with Crippen molar-refractivity contribution in [3.8, 4) is 0 Å². The van der Waals surface area contributed by atoms with Gasteiger partial charge in [0.1, 0.15) is 0 Å². The Morgan fingerprint density at radius 3 is 2.46 bits per heavy atom. The maximum absolute atomic E-state index is 10.7. The molecule has 0 fully saturated rings. The molecule has 0 aliphatic carbocycles. The third-order valence-electron chi connectivity index (χ3n) is 0.926. The van der Waals surface area contributed by atoms with E-state index in [0.717, 1.165) is 18.2 Å². The standard InChI is InChI=1S/C8H8O5/c1-2-7(11)13-8(12)5-3-4-6(9)10/h2-4H,1,5H2,(H,9,10). The summed E-state index contributed by atoms with van der Waals surface area (Å²) in [5.41, 5.74) is 0. The summed E-state index contributed by atoms with van der Waals surface area (Å²) in [6.45, 7) is 3.08. The van der Waals surface area contributed by atoms with Crippen LogP contribution in [0.15, 0.2) is 24.8 Å². The maximum Gasteiger partial charge on any atom is 0.337 e. The summed E-state index contributed by atoms with van der Waals surface area (Å²) in [7, 11) is 0. The highest BCUT2D eigenvalue weighted by Gasteiger charge is 2.04. The lowest BCUT2D eigenvalue weighted by Gasteiger charge is -1.94. The molecule has 0 saturated carbocycles. The van der Waals surface area contributed by atoms with Gasteiger partial charge in [-0.1, -0.05) is 12.7 Å². The second-order valence-electron chi connectivity index (χ2n) is 1.94. The number of ether oxygens (including phenoxy) is 1. The predicted molar refractivity (Wildman–Crippen MR) is 42.7 cm³/mol. The molecule has 0 atom stereocenters. The van der Waals surface area contributed by atoms with Crippen molar-refractivity contribution in [1.29, 1.82) is 0 Å². The quantitative estimate of drug-likeness (QED) is 0.385. The van der Waals surface area contributed by atoms with Crippen molar-refractivity contribution in [3.05, 3.63) is 24.8 Å². The first-order valence-corrected chi connectivity index (χ1v) is 3.32. The molecule has 0 aliphatic heterocycles. The van der Waals surface area contributed by atoms with Gasteiger partial charge < -0.3 is 9.84 Å². The minimum Gasteiger partial charge on any atom is -0.478 e. The number of esters is 2. The summed E-state index contributed by atoms with van der Waals surface area (Å²) in [5, 5.41) is 8.13. The maximum atomic E-state index is 10.7. The Bertz CT molecular complexity index is 264. The van der Waals surface area contributed by atoms with E-state index in [-0.39, 0.29) is 6.42 Å². The van der Waals surface area contributed by atoms with Crippen molar-refractivity contribution < 1.29 is 24.2 Å². The van der Waals surface area contributed by atoms with Crippen LogP contribution in [0, 0.1) is 0 Å². The van der Waals surface area contributed by atoms with E-state index in [1.807, 2.05) is 0 Å². The zero-order chi connectivity index (χ0) is 10.3. The number of hydrogen-bond donors (Lipinski definition) is 1. The number of rotatable bonds is 4. The highest BCUT2D eigenvalue weighted by atomic mass is 16.6. The number of carboxylic acids is 1. The molecule has 1 N–H and O–H groups in total. The second-order valence-corrected chi connectivity index (χ2v) is 1.94. The van der Waals surface area contributed by atoms with Crippen LogP contribution in [0.25, 0.3) is 0 Å². The molecule has 0 aromatic heterocycles. The first kappa shape index (κ1) is 11.1. The monoisotopic (exact) mass is 184 g/mol. The first-order valence-electron chi connectivity index (χ1n) is 3.32. The summed E-state index contributed by atoms with van der Waals surface area (Å²) >= 11 is 0. The Hall–Kier alpha value is -1.91. The van der Waals surface area contributed by atoms with Crippen molar-refractivity contribution in [1.82, 2.24) is 0 Å². The average molecular weight is 184 g/mol. The van der Waals surface area contributed by atoms with E-state index in [2.05, 4.69) is 11.3 Å². The molecule has 0 spiro atoms. The average Bonchev–Trinajstić information content (AvgIpc) is 2.03. The van der Waals surface area contributed by atoms with Gasteiger partial charge in [-0.3, -0.25) is 4.79 Å². The van der Waals surface area contributed by atoms with Crippen molar-refractivity contribution in [2.45, 2.75) is 6.42 Å². The number of carboxylic acid groups (broad SMARTS) is 1. The van der Waals surface area contributed by atoms with Crippen LogP contribution in [0.1, 0.15) is 6.42 Å². The lowest BCUT2D eigenvalue weighted by atomic mass is 10.4. The van der Waals surface area contributed by atoms with E-state index in [1.165, 1.54) is 0 Å². The molecular formula is C8H8O5. The van der Waals surface area contributed by atoms with Crippen LogP contribution < -0.4 is 0 Å². The molecular weight excluding hydrogens is 176 g/mol. The van der Waals surface area contributed by atoms with Crippen LogP contribution in [0.3, 0.4) is 0 Å². The fraction of sp³-hybridized carbons (Fsp3) is 0.125. The molecule has 0 unspecified atom stereocenters. The van der Waals surface area contributed by atoms with Gasteiger partial charge in [0.05, 0.1) is 6.42 Å². The number of carbonyl (C=O) groups is 3. The molecule has 0 heterocycles. The molecule has 0 aromatic rings. The summed E-state index contributed by atoms with van der Waals surface area (Å²) in [5.74, 6) is -2.83. The third-order valence-corrected chi connectivity index (χ3v) is 0.926. The molecule has 0 radical (unpaired) electrons. The first-order chi connectivity index (χ1) is 6.06. The van der Waals surface area contributed by atoms with Crippen molar-refractivity contribution in [3.63, 3.8) is 0 Å². The fourth-order valence-corrected chi connectivity index (χ4v) is 0.451. The van der Waals surface area contributed by atoms with Gasteiger partial charge in [0.25, 0.3) is 0 Å². The van der Waals surface area contributed by atoms with E-state index in [1.54, 1.807) is 0 Å². The molecule has 5 nitrogen and oxygen atoms in total. The van der Waals surface area contributed by atoms with E-state index in [0.29, 0.717) is 0 Å². The van der Waals surface area contributed by atoms with Gasteiger partial charge in [-0.15, -0.1) is 0 Å². The van der Waals surface area contributed by atoms with Crippen LogP contribution >= 0.6 is 0 Å². The SMILES string of the molecule is C=CC(=O)OC(=O)CC=CC(=O)O. The van der Waals surface area contributed by atoms with Gasteiger partial charge in [-0.25, -0.2) is 9.59 Å². The van der Waals surface area contributed by atoms with Gasteiger partial charge in [0.2, 0.25) is 0 Å². The molecule has 0 aromatic carbocycles. The van der Waals surface area contributed by atoms with E-state index < -0.39 is 17.9 Å². The van der Waals surface area contributed by atoms with Gasteiger partial charge in [0.15, 0.2) is 0 Å². The van der Waals surface area contributed by atoms with Gasteiger partial charge >= 0.3 is 17.9 Å². The van der Waals surface area contributed by atoms with Crippen molar-refractivity contribution >= 4 is 17.9 Å². The Balaban J connectivity index is 3.82. The Labute approximate surface area is 74.3 Å². The largest absolute Gasteiger partial charge is 0.478 e. The normalized spacial score (nSPS) is 9.54. The highest BCUT2D eigenvalue weighted by Crippen LogP contribution is 1.90. The fourth-order valence-electron chi connectivity index (χ4n) is 0.451. The van der Waals surface area contributed by atoms with Gasteiger partial charge in [0, 0.05) is 12.2 Å². The summed E-state index contributed by atoms with van der Waals surface area (Å²) in [6, 6.07) is 0. The molecule has 0 bridgehead atoms. The lowest BCUT2D eigenvalue weighted by Crippen LogP contribution is -2.08. The van der Waals surface area contributed by atoms with Crippen molar-refractivity contribution in [2.24, 2.45) is 0 Å². The van der Waals surface area contributed by atoms with Gasteiger partial charge in [-0.05, 0) is 0 Å². The predicted octanol–water partition coefficient (Wildman–Crippen LogP) is 0.273. The summed E-state index contributed by atoms with van der Waals surface area (Å²) in [6.07, 6.45) is 2.46. The Kier molecular flexibility index (Phi) is 4.87. The van der Waals surface area contributed by atoms with Crippen LogP contribution in [-0.2, 0) is 19.1 Å². The number of aliphatic carboxylic acids is 1. The molecule has 0 aliphatic rings. The Morgan fingerprint density at radius 1 is 1.38 bits per heavy atom. The van der Waals surface area contributed by atoms with Crippen LogP contribution in [-0.4, -0.2) is 23.0 Å². The number of hydrogen-bond acceptors (Lipinski definition) is 4. The summed E-state index contributed by atoms with van der Waals surface area (Å²) in [4.78, 5) is 31.0. The second kappa shape index (κ2) is 5.70. The highest BCUT2D eigenvalue weighted by molar-refractivity contribution is 5.92. The van der Waals surface area contributed by atoms with E-state index in [4.69, 9.17) is 5.11 Å². The van der Waals surface area contributed by atoms with Crippen LogP contribution in [0.5, 0.6) is 0 Å². The minimum atomic E-state index is -1.16. The summed E-state index contributed by atoms with van der Waals surface area (Å²) < 4.78 is 4.14. The molecule has 5 heteroatoms. The molecule has 70 valence electrons. The van der Waals surface area contributed by atoms with E-state index in [9.17, 15) is 14.4 Å². The van der Waals surface area contributed by atoms with E-state index >= 15 is 0 Å². The number of carbonyl (C=O) groups excluding carboxylic acids is 2. The Morgan fingerprint density at radius 2 is 2.00 bits per heavy atom. The molecule has 0 rings (SSSR count). The molecule has 13 heavy (non-hydrogen) atoms. The van der Waals surface area contributed by atoms with Crippen LogP contribution in [0.4, 0.5) is 0 Å². The zero-order valence-electron chi connectivity index (χ0n) is 6.73.